The second-order valence-corrected chi connectivity index (χ2v) is 4.65. The highest BCUT2D eigenvalue weighted by Gasteiger charge is 2.23. The zero-order valence-corrected chi connectivity index (χ0v) is 12.3. The van der Waals surface area contributed by atoms with Gasteiger partial charge in [0.15, 0.2) is 6.10 Å². The highest BCUT2D eigenvalue weighted by atomic mass is 16.5. The minimum atomic E-state index is -0.375. The van der Waals surface area contributed by atoms with Crippen molar-refractivity contribution in [2.24, 2.45) is 0 Å². The van der Waals surface area contributed by atoms with Gasteiger partial charge in [-0.25, -0.2) is 0 Å². The van der Waals surface area contributed by atoms with Crippen molar-refractivity contribution < 1.29 is 9.53 Å². The van der Waals surface area contributed by atoms with Crippen LogP contribution in [0.3, 0.4) is 0 Å². The van der Waals surface area contributed by atoms with Gasteiger partial charge in [0.05, 0.1) is 0 Å². The van der Waals surface area contributed by atoms with Gasteiger partial charge in [-0.15, -0.1) is 0 Å². The number of carbonyl (C=O) groups is 1. The predicted molar refractivity (Wildman–Crippen MR) is 78.3 cm³/mol. The van der Waals surface area contributed by atoms with Crippen LogP contribution in [0.4, 0.5) is 0 Å². The summed E-state index contributed by atoms with van der Waals surface area (Å²) in [5.74, 6) is 0.866. The third kappa shape index (κ3) is 4.93. The highest BCUT2D eigenvalue weighted by Crippen LogP contribution is 2.14. The van der Waals surface area contributed by atoms with E-state index in [1.807, 2.05) is 42.2 Å². The maximum Gasteiger partial charge on any atom is 0.263 e. The predicted octanol–water partition coefficient (Wildman–Crippen LogP) is 3.49. The summed E-state index contributed by atoms with van der Waals surface area (Å²) in [6.07, 6.45) is 2.28. The molecular weight excluding hydrogens is 238 g/mol. The molecule has 1 amide bonds. The van der Waals surface area contributed by atoms with Crippen LogP contribution in [-0.2, 0) is 4.79 Å². The molecule has 1 rings (SSSR count). The number of benzene rings is 1. The number of para-hydroxylation sites is 1. The highest BCUT2D eigenvalue weighted by molar-refractivity contribution is 5.81. The van der Waals surface area contributed by atoms with Gasteiger partial charge in [-0.2, -0.15) is 0 Å². The molecule has 1 aromatic rings. The topological polar surface area (TPSA) is 29.5 Å². The lowest BCUT2D eigenvalue weighted by atomic mass is 10.2. The van der Waals surface area contributed by atoms with E-state index in [4.69, 9.17) is 4.74 Å². The van der Waals surface area contributed by atoms with Crippen molar-refractivity contribution in [3.63, 3.8) is 0 Å². The lowest BCUT2D eigenvalue weighted by molar-refractivity contribution is -0.139. The van der Waals surface area contributed by atoms with Gasteiger partial charge in [-0.05, 0) is 31.4 Å². The zero-order chi connectivity index (χ0) is 14.1. The molecule has 0 bridgehead atoms. The van der Waals surface area contributed by atoms with Crippen LogP contribution >= 0.6 is 0 Å². The Hall–Kier alpha value is -1.51. The van der Waals surface area contributed by atoms with Gasteiger partial charge in [0, 0.05) is 13.1 Å². The molecule has 0 heterocycles. The van der Waals surface area contributed by atoms with Crippen LogP contribution in [0.25, 0.3) is 0 Å². The summed E-state index contributed by atoms with van der Waals surface area (Å²) < 4.78 is 5.81. The summed E-state index contributed by atoms with van der Waals surface area (Å²) in [7, 11) is 0. The fourth-order valence-electron chi connectivity index (χ4n) is 2.05. The number of carbonyl (C=O) groups excluding carboxylic acids is 1. The molecule has 0 saturated heterocycles. The molecule has 0 fully saturated rings. The largest absolute Gasteiger partial charge is 0.481 e. The van der Waals surface area contributed by atoms with Crippen LogP contribution in [0, 0.1) is 0 Å². The van der Waals surface area contributed by atoms with E-state index >= 15 is 0 Å². The van der Waals surface area contributed by atoms with Crippen LogP contribution in [0.1, 0.15) is 40.0 Å². The fraction of sp³-hybridized carbons (Fsp3) is 0.562. The van der Waals surface area contributed by atoms with E-state index in [0.717, 1.165) is 31.7 Å². The second kappa shape index (κ2) is 8.57. The molecule has 0 saturated carbocycles. The Kier molecular flexibility index (Phi) is 7.01. The van der Waals surface area contributed by atoms with E-state index in [-0.39, 0.29) is 12.0 Å². The summed E-state index contributed by atoms with van der Waals surface area (Å²) in [5, 5.41) is 0. The number of ether oxygens (including phenoxy) is 1. The summed E-state index contributed by atoms with van der Waals surface area (Å²) in [6.45, 7) is 7.79. The monoisotopic (exact) mass is 263 g/mol. The van der Waals surface area contributed by atoms with Crippen molar-refractivity contribution in [3.8, 4) is 5.75 Å². The minimum absolute atomic E-state index is 0.107. The lowest BCUT2D eigenvalue weighted by Gasteiger charge is -2.26. The Bertz CT molecular complexity index is 358. The second-order valence-electron chi connectivity index (χ2n) is 4.65. The summed E-state index contributed by atoms with van der Waals surface area (Å²) in [5.41, 5.74) is 0. The molecule has 0 aliphatic carbocycles. The number of hydrogen-bond acceptors (Lipinski definition) is 2. The van der Waals surface area contributed by atoms with Crippen LogP contribution in [0.15, 0.2) is 30.3 Å². The van der Waals surface area contributed by atoms with Gasteiger partial charge in [-0.1, -0.05) is 39.0 Å². The van der Waals surface area contributed by atoms with Crippen molar-refractivity contribution in [3.05, 3.63) is 30.3 Å². The maximum absolute atomic E-state index is 12.5. The van der Waals surface area contributed by atoms with Crippen LogP contribution in [0.2, 0.25) is 0 Å². The van der Waals surface area contributed by atoms with Gasteiger partial charge in [0.2, 0.25) is 0 Å². The first-order valence-electron chi connectivity index (χ1n) is 7.23. The third-order valence-electron chi connectivity index (χ3n) is 2.97. The molecule has 1 atom stereocenters. The molecule has 0 aromatic heterocycles. The van der Waals surface area contributed by atoms with Gasteiger partial charge in [0.1, 0.15) is 5.75 Å². The Morgan fingerprint density at radius 2 is 1.68 bits per heavy atom. The third-order valence-corrected chi connectivity index (χ3v) is 2.97. The van der Waals surface area contributed by atoms with Crippen molar-refractivity contribution in [2.75, 3.05) is 13.1 Å². The van der Waals surface area contributed by atoms with E-state index in [0.29, 0.717) is 6.42 Å². The average molecular weight is 263 g/mol. The Balaban J connectivity index is 2.69. The first-order valence-corrected chi connectivity index (χ1v) is 7.23. The minimum Gasteiger partial charge on any atom is -0.481 e. The molecule has 0 radical (unpaired) electrons. The van der Waals surface area contributed by atoms with Crippen molar-refractivity contribution in [2.45, 2.75) is 46.1 Å². The summed E-state index contributed by atoms with van der Waals surface area (Å²) >= 11 is 0. The van der Waals surface area contributed by atoms with Crippen molar-refractivity contribution >= 4 is 5.91 Å². The molecule has 106 valence electrons. The van der Waals surface area contributed by atoms with Gasteiger partial charge in [-0.3, -0.25) is 4.79 Å². The zero-order valence-electron chi connectivity index (χ0n) is 12.3. The van der Waals surface area contributed by atoms with Gasteiger partial charge < -0.3 is 9.64 Å². The molecular formula is C16H25NO2. The van der Waals surface area contributed by atoms with Crippen molar-refractivity contribution in [1.82, 2.24) is 4.90 Å². The Morgan fingerprint density at radius 3 is 2.16 bits per heavy atom. The SMILES string of the molecule is CCCN(CCC)C(=O)[C@H](CC)Oc1ccccc1. The quantitative estimate of drug-likeness (QED) is 0.718. The van der Waals surface area contributed by atoms with Crippen LogP contribution < -0.4 is 4.74 Å². The Morgan fingerprint density at radius 1 is 1.11 bits per heavy atom. The van der Waals surface area contributed by atoms with Crippen LogP contribution in [0.5, 0.6) is 5.75 Å². The molecule has 0 spiro atoms. The standard InChI is InChI=1S/C16H25NO2/c1-4-12-17(13-5-2)16(18)15(6-3)19-14-10-8-7-9-11-14/h7-11,15H,4-6,12-13H2,1-3H3/t15-/m0/s1. The number of rotatable bonds is 8. The summed E-state index contributed by atoms with van der Waals surface area (Å²) in [4.78, 5) is 14.4. The molecule has 3 nitrogen and oxygen atoms in total. The fourth-order valence-corrected chi connectivity index (χ4v) is 2.05. The number of nitrogens with zero attached hydrogens (tertiary/aromatic N) is 1. The molecule has 0 aliphatic rings. The molecule has 19 heavy (non-hydrogen) atoms. The molecule has 0 unspecified atom stereocenters. The van der Waals surface area contributed by atoms with E-state index in [1.165, 1.54) is 0 Å². The van der Waals surface area contributed by atoms with Crippen LogP contribution in [-0.4, -0.2) is 30.0 Å². The van der Waals surface area contributed by atoms with Crippen molar-refractivity contribution in [1.29, 1.82) is 0 Å². The van der Waals surface area contributed by atoms with E-state index in [2.05, 4.69) is 13.8 Å². The van der Waals surface area contributed by atoms with E-state index in [1.54, 1.807) is 0 Å². The Labute approximate surface area is 116 Å². The normalized spacial score (nSPS) is 11.9. The molecule has 0 aliphatic heterocycles. The number of amides is 1. The maximum atomic E-state index is 12.5. The molecule has 1 aromatic carbocycles. The average Bonchev–Trinajstić information content (AvgIpc) is 2.45. The first kappa shape index (κ1) is 15.5. The smallest absolute Gasteiger partial charge is 0.263 e. The van der Waals surface area contributed by atoms with E-state index < -0.39 is 0 Å². The first-order chi connectivity index (χ1) is 9.22. The molecule has 0 N–H and O–H groups in total. The van der Waals surface area contributed by atoms with E-state index in [9.17, 15) is 4.79 Å². The van der Waals surface area contributed by atoms with Gasteiger partial charge in [0.25, 0.3) is 5.91 Å². The molecule has 3 heteroatoms. The number of hydrogen-bond donors (Lipinski definition) is 0. The lowest BCUT2D eigenvalue weighted by Crippen LogP contribution is -2.42. The summed E-state index contributed by atoms with van der Waals surface area (Å²) in [6, 6.07) is 9.56. The van der Waals surface area contributed by atoms with Gasteiger partial charge >= 0.3 is 0 Å².